The highest BCUT2D eigenvalue weighted by atomic mass is 32.2. The van der Waals surface area contributed by atoms with Gasteiger partial charge in [0.1, 0.15) is 11.0 Å². The van der Waals surface area contributed by atoms with E-state index >= 15 is 0 Å². The molecule has 3 nitrogen and oxygen atoms in total. The van der Waals surface area contributed by atoms with Crippen LogP contribution in [0.5, 0.6) is 0 Å². The second kappa shape index (κ2) is 4.72. The first-order valence-electron chi connectivity index (χ1n) is 4.99. The van der Waals surface area contributed by atoms with Gasteiger partial charge in [-0.2, -0.15) is 13.2 Å². The summed E-state index contributed by atoms with van der Waals surface area (Å²) in [7, 11) is -4.32. The lowest BCUT2D eigenvalue weighted by atomic mass is 10.2. The number of carbonyl (C=O) groups excluding carboxylic acids is 1. The van der Waals surface area contributed by atoms with Crippen molar-refractivity contribution < 1.29 is 26.4 Å². The van der Waals surface area contributed by atoms with Crippen LogP contribution in [0.3, 0.4) is 0 Å². The molecule has 0 aliphatic heterocycles. The summed E-state index contributed by atoms with van der Waals surface area (Å²) < 4.78 is 61.9. The average molecular weight is 280 g/mol. The number of Topliss-reactive ketones (excluding diaryl/α,β-unsaturated/α-hetero) is 1. The van der Waals surface area contributed by atoms with Crippen molar-refractivity contribution in [2.45, 2.75) is 30.2 Å². The molecule has 18 heavy (non-hydrogen) atoms. The van der Waals surface area contributed by atoms with Gasteiger partial charge in [0, 0.05) is 0 Å². The number of hydrogen-bond donors (Lipinski definition) is 0. The second-order valence-corrected chi connectivity index (χ2v) is 6.03. The summed E-state index contributed by atoms with van der Waals surface area (Å²) in [5.74, 6) is -0.702. The fourth-order valence-corrected chi connectivity index (χ4v) is 2.93. The molecule has 0 aliphatic rings. The molecule has 0 N–H and O–H groups in total. The van der Waals surface area contributed by atoms with Gasteiger partial charge in [-0.1, -0.05) is 12.1 Å². The highest BCUT2D eigenvalue weighted by molar-refractivity contribution is 7.92. The number of rotatable bonds is 3. The highest BCUT2D eigenvalue weighted by Crippen LogP contribution is 2.35. The lowest BCUT2D eigenvalue weighted by Crippen LogP contribution is -2.27. The molecule has 0 spiro atoms. The van der Waals surface area contributed by atoms with Crippen LogP contribution < -0.4 is 0 Å². The summed E-state index contributed by atoms with van der Waals surface area (Å²) in [5, 5.41) is -1.50. The van der Waals surface area contributed by atoms with Crippen molar-refractivity contribution in [3.8, 4) is 0 Å². The molecular formula is C11H11F3O3S. The Hall–Kier alpha value is -1.37. The first-order chi connectivity index (χ1) is 8.08. The Morgan fingerprint density at radius 2 is 1.72 bits per heavy atom. The fraction of sp³-hybridized carbons (Fsp3) is 0.364. The third kappa shape index (κ3) is 2.72. The van der Waals surface area contributed by atoms with Gasteiger partial charge in [-0.15, -0.1) is 0 Å². The van der Waals surface area contributed by atoms with Crippen molar-refractivity contribution in [3.63, 3.8) is 0 Å². The Kier molecular flexibility index (Phi) is 3.85. The van der Waals surface area contributed by atoms with Crippen LogP contribution in [0.4, 0.5) is 13.2 Å². The SMILES string of the molecule is CC(=O)C(C)S(=O)(=O)c1ccccc1C(F)(F)F. The van der Waals surface area contributed by atoms with Gasteiger partial charge >= 0.3 is 6.18 Å². The summed E-state index contributed by atoms with van der Waals surface area (Å²) in [4.78, 5) is 10.2. The number of alkyl halides is 3. The summed E-state index contributed by atoms with van der Waals surface area (Å²) in [5.41, 5.74) is -1.25. The highest BCUT2D eigenvalue weighted by Gasteiger charge is 2.39. The first-order valence-corrected chi connectivity index (χ1v) is 6.53. The standard InChI is InChI=1S/C11H11F3O3S/c1-7(15)8(2)18(16,17)10-6-4-3-5-9(10)11(12,13)14/h3-6,8H,1-2H3. The van der Waals surface area contributed by atoms with E-state index in [1.807, 2.05) is 0 Å². The maximum Gasteiger partial charge on any atom is 0.417 e. The van der Waals surface area contributed by atoms with Crippen LogP contribution in [0, 0.1) is 0 Å². The van der Waals surface area contributed by atoms with Crippen LogP contribution in [0.25, 0.3) is 0 Å². The Balaban J connectivity index is 3.48. The predicted octanol–water partition coefficient (Wildman–Crippen LogP) is 2.46. The van der Waals surface area contributed by atoms with Gasteiger partial charge in [0.2, 0.25) is 0 Å². The molecular weight excluding hydrogens is 269 g/mol. The van der Waals surface area contributed by atoms with Crippen molar-refractivity contribution in [2.75, 3.05) is 0 Å². The second-order valence-electron chi connectivity index (χ2n) is 3.79. The minimum Gasteiger partial charge on any atom is -0.299 e. The monoisotopic (exact) mass is 280 g/mol. The van der Waals surface area contributed by atoms with Crippen LogP contribution in [0.15, 0.2) is 29.2 Å². The van der Waals surface area contributed by atoms with E-state index in [9.17, 15) is 26.4 Å². The zero-order valence-corrected chi connectivity index (χ0v) is 10.5. The minimum absolute atomic E-state index is 0.680. The normalized spacial score (nSPS) is 14.3. The lowest BCUT2D eigenvalue weighted by molar-refractivity contribution is -0.140. The number of carbonyl (C=O) groups is 1. The van der Waals surface area contributed by atoms with Crippen molar-refractivity contribution in [3.05, 3.63) is 29.8 Å². The number of sulfone groups is 1. The molecule has 0 fully saturated rings. The summed E-state index contributed by atoms with van der Waals surface area (Å²) in [6.45, 7) is 2.10. The zero-order valence-electron chi connectivity index (χ0n) is 9.65. The summed E-state index contributed by atoms with van der Waals surface area (Å²) in [6, 6.07) is 3.83. The van der Waals surface area contributed by atoms with E-state index in [0.717, 1.165) is 26.0 Å². The number of hydrogen-bond acceptors (Lipinski definition) is 3. The molecule has 100 valence electrons. The number of halogens is 3. The number of ketones is 1. The van der Waals surface area contributed by atoms with Gasteiger partial charge in [-0.05, 0) is 26.0 Å². The van der Waals surface area contributed by atoms with Gasteiger partial charge in [0.05, 0.1) is 10.5 Å². The zero-order chi connectivity index (χ0) is 14.1. The molecule has 1 aromatic rings. The Labute approximate surface area is 103 Å². The van der Waals surface area contributed by atoms with Gasteiger partial charge in [-0.25, -0.2) is 8.42 Å². The van der Waals surface area contributed by atoms with Gasteiger partial charge in [0.15, 0.2) is 9.84 Å². The van der Waals surface area contributed by atoms with Gasteiger partial charge in [-0.3, -0.25) is 4.79 Å². The number of benzene rings is 1. The fourth-order valence-electron chi connectivity index (χ4n) is 1.36. The quantitative estimate of drug-likeness (QED) is 0.854. The van der Waals surface area contributed by atoms with Crippen LogP contribution >= 0.6 is 0 Å². The Bertz CT molecular complexity index is 561. The molecule has 1 unspecified atom stereocenters. The van der Waals surface area contributed by atoms with E-state index < -0.39 is 37.5 Å². The van der Waals surface area contributed by atoms with Crippen LogP contribution in [-0.4, -0.2) is 19.5 Å². The maximum atomic E-state index is 12.7. The topological polar surface area (TPSA) is 51.2 Å². The Morgan fingerprint density at radius 3 is 2.17 bits per heavy atom. The molecule has 7 heteroatoms. The molecule has 0 radical (unpaired) electrons. The van der Waals surface area contributed by atoms with Crippen molar-refractivity contribution in [2.24, 2.45) is 0 Å². The third-order valence-electron chi connectivity index (χ3n) is 2.54. The molecule has 1 aromatic carbocycles. The summed E-state index contributed by atoms with van der Waals surface area (Å²) in [6.07, 6.45) is -4.78. The average Bonchev–Trinajstić information content (AvgIpc) is 2.26. The lowest BCUT2D eigenvalue weighted by Gasteiger charge is -2.15. The van der Waals surface area contributed by atoms with E-state index in [0.29, 0.717) is 6.07 Å². The van der Waals surface area contributed by atoms with E-state index in [4.69, 9.17) is 0 Å². The molecule has 0 heterocycles. The van der Waals surface area contributed by atoms with Crippen molar-refractivity contribution in [1.29, 1.82) is 0 Å². The van der Waals surface area contributed by atoms with E-state index in [-0.39, 0.29) is 0 Å². The molecule has 0 bridgehead atoms. The van der Waals surface area contributed by atoms with Gasteiger partial charge < -0.3 is 0 Å². The van der Waals surface area contributed by atoms with E-state index in [1.54, 1.807) is 0 Å². The molecule has 0 amide bonds. The Morgan fingerprint density at radius 1 is 1.22 bits per heavy atom. The molecule has 0 saturated carbocycles. The van der Waals surface area contributed by atoms with Gasteiger partial charge in [0.25, 0.3) is 0 Å². The van der Waals surface area contributed by atoms with Crippen LogP contribution in [0.1, 0.15) is 19.4 Å². The largest absolute Gasteiger partial charge is 0.417 e. The minimum atomic E-state index is -4.78. The van der Waals surface area contributed by atoms with E-state index in [1.165, 1.54) is 6.07 Å². The first kappa shape index (κ1) is 14.7. The molecule has 0 aromatic heterocycles. The molecule has 1 rings (SSSR count). The van der Waals surface area contributed by atoms with Crippen molar-refractivity contribution in [1.82, 2.24) is 0 Å². The maximum absolute atomic E-state index is 12.7. The van der Waals surface area contributed by atoms with Crippen molar-refractivity contribution >= 4 is 15.6 Å². The predicted molar refractivity (Wildman–Crippen MR) is 58.8 cm³/mol. The molecule has 0 saturated heterocycles. The van der Waals surface area contributed by atoms with E-state index in [2.05, 4.69) is 0 Å². The summed E-state index contributed by atoms with van der Waals surface area (Å²) >= 11 is 0. The van der Waals surface area contributed by atoms with Crippen LogP contribution in [-0.2, 0) is 20.8 Å². The van der Waals surface area contributed by atoms with Crippen LogP contribution in [0.2, 0.25) is 0 Å². The molecule has 0 aliphatic carbocycles. The molecule has 1 atom stereocenters. The smallest absolute Gasteiger partial charge is 0.299 e. The third-order valence-corrected chi connectivity index (χ3v) is 4.77.